The lowest BCUT2D eigenvalue weighted by Crippen LogP contribution is -2.38. The highest BCUT2D eigenvalue weighted by Gasteiger charge is 2.09. The number of unbranched alkanes of at least 4 members (excludes halogenated alkanes) is 1. The first-order chi connectivity index (χ1) is 12.6. The Morgan fingerprint density at radius 2 is 2.19 bits per heavy atom. The lowest BCUT2D eigenvalue weighted by atomic mass is 10.3. The lowest BCUT2D eigenvalue weighted by molar-refractivity contribution is 0.461. The van der Waals surface area contributed by atoms with E-state index in [4.69, 9.17) is 16.6 Å². The van der Waals surface area contributed by atoms with Crippen LogP contribution in [0.25, 0.3) is 0 Å². The Kier molecular flexibility index (Phi) is 8.28. The molecule has 7 heteroatoms. The van der Waals surface area contributed by atoms with Gasteiger partial charge in [-0.25, -0.2) is 4.98 Å². The number of hydrogen-bond donors (Lipinski definition) is 2. The van der Waals surface area contributed by atoms with Gasteiger partial charge in [-0.1, -0.05) is 17.7 Å². The average molecular weight is 377 g/mol. The Hall–Kier alpha value is -2.21. The van der Waals surface area contributed by atoms with Crippen molar-refractivity contribution in [1.29, 1.82) is 0 Å². The molecular formula is C19H29ClN6. The maximum atomic E-state index is 6.07. The standard InChI is InChI=1S/C19H29ClN6/c1-4-21-19(26(3)15-17-13-16(20)14-25(17)2)24-12-8-7-11-23-18-9-5-6-10-22-18/h5-6,9-10,13-14H,4,7-8,11-12,15H2,1-3H3,(H,21,24)(H,22,23). The molecule has 0 aromatic carbocycles. The molecule has 0 fully saturated rings. The van der Waals surface area contributed by atoms with Crippen LogP contribution in [0.5, 0.6) is 0 Å². The van der Waals surface area contributed by atoms with Crippen molar-refractivity contribution >= 4 is 23.4 Å². The molecule has 2 N–H and O–H groups in total. The highest BCUT2D eigenvalue weighted by Crippen LogP contribution is 2.14. The van der Waals surface area contributed by atoms with Crippen LogP contribution in [0.2, 0.25) is 5.02 Å². The number of anilines is 1. The topological polar surface area (TPSA) is 57.5 Å². The first-order valence-electron chi connectivity index (χ1n) is 9.05. The molecule has 2 aromatic heterocycles. The van der Waals surface area contributed by atoms with E-state index in [0.717, 1.165) is 61.5 Å². The molecule has 0 bridgehead atoms. The van der Waals surface area contributed by atoms with Gasteiger partial charge in [-0.2, -0.15) is 0 Å². The maximum absolute atomic E-state index is 6.07. The number of hydrogen-bond acceptors (Lipinski definition) is 3. The first kappa shape index (κ1) is 20.1. The summed E-state index contributed by atoms with van der Waals surface area (Å²) in [5, 5.41) is 7.44. The van der Waals surface area contributed by atoms with Gasteiger partial charge in [-0.3, -0.25) is 4.99 Å². The minimum atomic E-state index is 0.760. The Bertz CT molecular complexity index is 683. The summed E-state index contributed by atoms with van der Waals surface area (Å²) in [6, 6.07) is 7.87. The van der Waals surface area contributed by atoms with Crippen molar-refractivity contribution in [1.82, 2.24) is 19.8 Å². The van der Waals surface area contributed by atoms with Crippen LogP contribution in [-0.2, 0) is 13.6 Å². The van der Waals surface area contributed by atoms with Crippen LogP contribution in [0.3, 0.4) is 0 Å². The molecule has 6 nitrogen and oxygen atoms in total. The minimum absolute atomic E-state index is 0.760. The van der Waals surface area contributed by atoms with Gasteiger partial charge in [-0.15, -0.1) is 0 Å². The van der Waals surface area contributed by atoms with Crippen molar-refractivity contribution in [2.75, 3.05) is 32.0 Å². The number of aromatic nitrogens is 2. The maximum Gasteiger partial charge on any atom is 0.194 e. The molecule has 0 saturated heterocycles. The fraction of sp³-hybridized carbons (Fsp3) is 0.474. The van der Waals surface area contributed by atoms with Gasteiger partial charge in [-0.05, 0) is 38.0 Å². The SMILES string of the molecule is CCNC(=NCCCCNc1ccccn1)N(C)Cc1cc(Cl)cn1C. The monoisotopic (exact) mass is 376 g/mol. The summed E-state index contributed by atoms with van der Waals surface area (Å²) < 4.78 is 2.05. The van der Waals surface area contributed by atoms with Gasteiger partial charge in [0.2, 0.25) is 0 Å². The summed E-state index contributed by atoms with van der Waals surface area (Å²) in [4.78, 5) is 11.1. The predicted octanol–water partition coefficient (Wildman–Crippen LogP) is 3.36. The van der Waals surface area contributed by atoms with Gasteiger partial charge < -0.3 is 20.1 Å². The smallest absolute Gasteiger partial charge is 0.194 e. The van der Waals surface area contributed by atoms with E-state index in [0.29, 0.717) is 0 Å². The predicted molar refractivity (Wildman–Crippen MR) is 110 cm³/mol. The van der Waals surface area contributed by atoms with Crippen molar-refractivity contribution in [3.63, 3.8) is 0 Å². The number of rotatable bonds is 9. The van der Waals surface area contributed by atoms with E-state index in [2.05, 4.69) is 27.4 Å². The second kappa shape index (κ2) is 10.7. The van der Waals surface area contributed by atoms with Crippen LogP contribution in [0.15, 0.2) is 41.7 Å². The number of guanidine groups is 1. The highest BCUT2D eigenvalue weighted by atomic mass is 35.5. The van der Waals surface area contributed by atoms with Gasteiger partial charge in [0.15, 0.2) is 5.96 Å². The second-order valence-electron chi connectivity index (χ2n) is 6.20. The molecule has 0 aliphatic rings. The summed E-state index contributed by atoms with van der Waals surface area (Å²) in [5.74, 6) is 1.84. The van der Waals surface area contributed by atoms with Gasteiger partial charge >= 0.3 is 0 Å². The zero-order valence-corrected chi connectivity index (χ0v) is 16.6. The molecule has 0 radical (unpaired) electrons. The van der Waals surface area contributed by atoms with E-state index in [1.165, 1.54) is 0 Å². The molecule has 2 heterocycles. The molecule has 142 valence electrons. The van der Waals surface area contributed by atoms with Gasteiger partial charge in [0.25, 0.3) is 0 Å². The molecule has 2 rings (SSSR count). The van der Waals surface area contributed by atoms with Crippen molar-refractivity contribution in [3.05, 3.63) is 47.4 Å². The third-order valence-electron chi connectivity index (χ3n) is 3.99. The molecule has 0 aliphatic carbocycles. The molecule has 2 aromatic rings. The van der Waals surface area contributed by atoms with E-state index >= 15 is 0 Å². The Morgan fingerprint density at radius 3 is 2.85 bits per heavy atom. The van der Waals surface area contributed by atoms with Crippen LogP contribution in [-0.4, -0.2) is 47.1 Å². The number of halogens is 1. The molecule has 26 heavy (non-hydrogen) atoms. The minimum Gasteiger partial charge on any atom is -0.370 e. The zero-order valence-electron chi connectivity index (χ0n) is 15.9. The molecule has 0 unspecified atom stereocenters. The van der Waals surface area contributed by atoms with Crippen LogP contribution in [0, 0.1) is 0 Å². The van der Waals surface area contributed by atoms with Crippen LogP contribution >= 0.6 is 11.6 Å². The number of aliphatic imine (C=N–C) groups is 1. The summed E-state index contributed by atoms with van der Waals surface area (Å²) in [5.41, 5.74) is 1.16. The zero-order chi connectivity index (χ0) is 18.8. The molecule has 0 aliphatic heterocycles. The van der Waals surface area contributed by atoms with E-state index in [-0.39, 0.29) is 0 Å². The third-order valence-corrected chi connectivity index (χ3v) is 4.19. The fourth-order valence-electron chi connectivity index (χ4n) is 2.62. The molecule has 0 amide bonds. The summed E-state index contributed by atoms with van der Waals surface area (Å²) in [7, 11) is 4.05. The largest absolute Gasteiger partial charge is 0.370 e. The molecule has 0 atom stereocenters. The molecular weight excluding hydrogens is 348 g/mol. The highest BCUT2D eigenvalue weighted by molar-refractivity contribution is 6.30. The van der Waals surface area contributed by atoms with Gasteiger partial charge in [0, 0.05) is 51.8 Å². The molecule has 0 saturated carbocycles. The average Bonchev–Trinajstić information content (AvgIpc) is 2.94. The number of aryl methyl sites for hydroxylation is 1. The summed E-state index contributed by atoms with van der Waals surface area (Å²) >= 11 is 6.07. The van der Waals surface area contributed by atoms with Crippen LogP contribution in [0.1, 0.15) is 25.5 Å². The van der Waals surface area contributed by atoms with Crippen molar-refractivity contribution in [2.24, 2.45) is 12.0 Å². The van der Waals surface area contributed by atoms with E-state index in [9.17, 15) is 0 Å². The normalized spacial score (nSPS) is 11.5. The fourth-order valence-corrected chi connectivity index (χ4v) is 2.89. The van der Waals surface area contributed by atoms with E-state index < -0.39 is 0 Å². The Balaban J connectivity index is 1.77. The Morgan fingerprint density at radius 1 is 1.35 bits per heavy atom. The van der Waals surface area contributed by atoms with Crippen molar-refractivity contribution < 1.29 is 0 Å². The van der Waals surface area contributed by atoms with Gasteiger partial charge in [0.05, 0.1) is 11.6 Å². The molecule has 0 spiro atoms. The quantitative estimate of drug-likeness (QED) is 0.400. The number of pyridine rings is 1. The van der Waals surface area contributed by atoms with E-state index in [1.807, 2.05) is 49.1 Å². The second-order valence-corrected chi connectivity index (χ2v) is 6.64. The van der Waals surface area contributed by atoms with Crippen LogP contribution < -0.4 is 10.6 Å². The van der Waals surface area contributed by atoms with Crippen molar-refractivity contribution in [2.45, 2.75) is 26.3 Å². The van der Waals surface area contributed by atoms with Crippen LogP contribution in [0.4, 0.5) is 5.82 Å². The number of nitrogens with zero attached hydrogens (tertiary/aromatic N) is 4. The number of nitrogens with one attached hydrogen (secondary N) is 2. The lowest BCUT2D eigenvalue weighted by Gasteiger charge is -2.22. The summed E-state index contributed by atoms with van der Waals surface area (Å²) in [6.45, 7) is 5.39. The summed E-state index contributed by atoms with van der Waals surface area (Å²) in [6.07, 6.45) is 5.80. The Labute approximate surface area is 161 Å². The van der Waals surface area contributed by atoms with Gasteiger partial charge in [0.1, 0.15) is 5.82 Å². The van der Waals surface area contributed by atoms with Crippen molar-refractivity contribution in [3.8, 4) is 0 Å². The van der Waals surface area contributed by atoms with E-state index in [1.54, 1.807) is 6.20 Å². The third kappa shape index (κ3) is 6.59. The first-order valence-corrected chi connectivity index (χ1v) is 9.43.